The molecule has 29 heavy (non-hydrogen) atoms. The quantitative estimate of drug-likeness (QED) is 0.632. The molecule has 1 amide bonds. The van der Waals surface area contributed by atoms with Gasteiger partial charge in [0, 0.05) is 24.8 Å². The van der Waals surface area contributed by atoms with Crippen LogP contribution >= 0.6 is 0 Å². The number of aryl methyl sites for hydroxylation is 3. The van der Waals surface area contributed by atoms with Crippen LogP contribution < -0.4 is 0 Å². The Labute approximate surface area is 173 Å². The van der Waals surface area contributed by atoms with Crippen molar-refractivity contribution >= 4 is 5.91 Å². The number of benzene rings is 2. The normalized spacial score (nSPS) is 14.6. The standard InChI is InChI=1S/C25H29N3O/c1-18-14-19(2)16-21(15-18)25(11-12-25)24(29)28(3)13-7-10-22-17-23(27-26-22)20-8-5-4-6-9-20/h4-6,8-9,14-17H,7,10-13H2,1-3H3,(H,26,27). The van der Waals surface area contributed by atoms with Gasteiger partial charge in [-0.1, -0.05) is 59.7 Å². The first-order chi connectivity index (χ1) is 14.0. The van der Waals surface area contributed by atoms with Crippen molar-refractivity contribution in [3.63, 3.8) is 0 Å². The average Bonchev–Trinajstić information content (AvgIpc) is 3.39. The van der Waals surface area contributed by atoms with E-state index in [0.717, 1.165) is 49.2 Å². The van der Waals surface area contributed by atoms with Crippen LogP contribution in [0.5, 0.6) is 0 Å². The molecular formula is C25H29N3O. The van der Waals surface area contributed by atoms with Gasteiger partial charge >= 0.3 is 0 Å². The van der Waals surface area contributed by atoms with Crippen LogP contribution in [0, 0.1) is 13.8 Å². The molecule has 0 saturated heterocycles. The maximum absolute atomic E-state index is 13.2. The van der Waals surface area contributed by atoms with Crippen LogP contribution in [0.25, 0.3) is 11.3 Å². The summed E-state index contributed by atoms with van der Waals surface area (Å²) in [7, 11) is 1.94. The number of nitrogens with zero attached hydrogens (tertiary/aromatic N) is 2. The van der Waals surface area contributed by atoms with Gasteiger partial charge in [-0.2, -0.15) is 5.10 Å². The highest BCUT2D eigenvalue weighted by atomic mass is 16.2. The molecule has 0 spiro atoms. The second-order valence-corrected chi connectivity index (χ2v) is 8.43. The maximum atomic E-state index is 13.2. The lowest BCUT2D eigenvalue weighted by Crippen LogP contribution is -2.37. The number of hydrogen-bond donors (Lipinski definition) is 1. The van der Waals surface area contributed by atoms with Gasteiger partial charge in [0.05, 0.1) is 11.1 Å². The van der Waals surface area contributed by atoms with Crippen molar-refractivity contribution in [1.29, 1.82) is 0 Å². The van der Waals surface area contributed by atoms with Gasteiger partial charge in [0.1, 0.15) is 0 Å². The van der Waals surface area contributed by atoms with Crippen molar-refractivity contribution in [2.24, 2.45) is 0 Å². The summed E-state index contributed by atoms with van der Waals surface area (Å²) in [6.45, 7) is 4.97. The lowest BCUT2D eigenvalue weighted by atomic mass is 9.91. The van der Waals surface area contributed by atoms with Crippen molar-refractivity contribution in [3.05, 3.63) is 77.0 Å². The lowest BCUT2D eigenvalue weighted by molar-refractivity contribution is -0.132. The van der Waals surface area contributed by atoms with Crippen molar-refractivity contribution < 1.29 is 4.79 Å². The van der Waals surface area contributed by atoms with Crippen molar-refractivity contribution in [2.75, 3.05) is 13.6 Å². The molecule has 1 aliphatic rings. The topological polar surface area (TPSA) is 49.0 Å². The molecular weight excluding hydrogens is 358 g/mol. The third kappa shape index (κ3) is 4.12. The first-order valence-corrected chi connectivity index (χ1v) is 10.4. The number of hydrogen-bond acceptors (Lipinski definition) is 2. The average molecular weight is 388 g/mol. The van der Waals surface area contributed by atoms with Gasteiger partial charge in [0.2, 0.25) is 5.91 Å². The predicted molar refractivity (Wildman–Crippen MR) is 117 cm³/mol. The highest BCUT2D eigenvalue weighted by molar-refractivity contribution is 5.91. The summed E-state index contributed by atoms with van der Waals surface area (Å²) >= 11 is 0. The molecule has 4 heteroatoms. The molecule has 0 radical (unpaired) electrons. The van der Waals surface area contributed by atoms with Crippen molar-refractivity contribution in [3.8, 4) is 11.3 Å². The van der Waals surface area contributed by atoms with Crippen molar-refractivity contribution in [1.82, 2.24) is 15.1 Å². The minimum Gasteiger partial charge on any atom is -0.345 e. The van der Waals surface area contributed by atoms with E-state index in [4.69, 9.17) is 0 Å². The molecule has 1 N–H and O–H groups in total. The Morgan fingerprint density at radius 3 is 2.41 bits per heavy atom. The number of aromatic nitrogens is 2. The summed E-state index contributed by atoms with van der Waals surface area (Å²) < 4.78 is 0. The molecule has 150 valence electrons. The number of carbonyl (C=O) groups excluding carboxylic acids is 1. The molecule has 1 saturated carbocycles. The van der Waals surface area contributed by atoms with E-state index in [-0.39, 0.29) is 11.3 Å². The Balaban J connectivity index is 1.35. The zero-order valence-electron chi connectivity index (χ0n) is 17.5. The molecule has 1 aromatic heterocycles. The third-order valence-electron chi connectivity index (χ3n) is 5.92. The summed E-state index contributed by atoms with van der Waals surface area (Å²) in [5, 5.41) is 7.55. The van der Waals surface area contributed by atoms with Gasteiger partial charge in [0.25, 0.3) is 0 Å². The van der Waals surface area contributed by atoms with E-state index in [1.54, 1.807) is 0 Å². The number of aromatic amines is 1. The fraction of sp³-hybridized carbons (Fsp3) is 0.360. The number of nitrogens with one attached hydrogen (secondary N) is 1. The minimum absolute atomic E-state index is 0.261. The Morgan fingerprint density at radius 2 is 1.76 bits per heavy atom. The van der Waals surface area contributed by atoms with Crippen LogP contribution in [0.4, 0.5) is 0 Å². The highest BCUT2D eigenvalue weighted by Crippen LogP contribution is 2.49. The number of H-pyrrole nitrogens is 1. The first-order valence-electron chi connectivity index (χ1n) is 10.4. The summed E-state index contributed by atoms with van der Waals surface area (Å²) in [5.41, 5.74) is 6.56. The van der Waals surface area contributed by atoms with E-state index >= 15 is 0 Å². The van der Waals surface area contributed by atoms with E-state index in [9.17, 15) is 4.79 Å². The first kappa shape index (κ1) is 19.4. The smallest absolute Gasteiger partial charge is 0.232 e. The fourth-order valence-electron chi connectivity index (χ4n) is 4.22. The number of amides is 1. The summed E-state index contributed by atoms with van der Waals surface area (Å²) in [6.07, 6.45) is 3.72. The van der Waals surface area contributed by atoms with Gasteiger partial charge in [-0.15, -0.1) is 0 Å². The molecule has 2 aromatic carbocycles. The summed E-state index contributed by atoms with van der Waals surface area (Å²) in [6, 6.07) is 18.8. The second-order valence-electron chi connectivity index (χ2n) is 8.43. The lowest BCUT2D eigenvalue weighted by Gasteiger charge is -2.24. The minimum atomic E-state index is -0.292. The molecule has 4 nitrogen and oxygen atoms in total. The van der Waals surface area contributed by atoms with Crippen LogP contribution in [0.1, 0.15) is 41.6 Å². The number of carbonyl (C=O) groups is 1. The Hall–Kier alpha value is -2.88. The molecule has 1 aliphatic carbocycles. The maximum Gasteiger partial charge on any atom is 0.232 e. The Bertz CT molecular complexity index is 982. The van der Waals surface area contributed by atoms with E-state index in [2.05, 4.69) is 60.4 Å². The SMILES string of the molecule is Cc1cc(C)cc(C2(C(=O)N(C)CCCc3cc(-c4ccccc4)n[nH]3)CC2)c1. The van der Waals surface area contributed by atoms with Gasteiger partial charge in [-0.25, -0.2) is 0 Å². The highest BCUT2D eigenvalue weighted by Gasteiger charge is 2.52. The largest absolute Gasteiger partial charge is 0.345 e. The van der Waals surface area contributed by atoms with Crippen LogP contribution in [-0.2, 0) is 16.6 Å². The molecule has 1 heterocycles. The molecule has 0 atom stereocenters. The molecule has 1 fully saturated rings. The summed E-state index contributed by atoms with van der Waals surface area (Å²) in [4.78, 5) is 15.1. The number of likely N-dealkylation sites (N-methyl/N-ethyl adjacent to an activating group) is 1. The van der Waals surface area contributed by atoms with Gasteiger partial charge in [-0.05, 0) is 51.2 Å². The van der Waals surface area contributed by atoms with Crippen LogP contribution in [0.2, 0.25) is 0 Å². The van der Waals surface area contributed by atoms with E-state index in [0.29, 0.717) is 0 Å². The summed E-state index contributed by atoms with van der Waals surface area (Å²) in [5.74, 6) is 0.261. The van der Waals surface area contributed by atoms with Gasteiger partial charge < -0.3 is 4.90 Å². The molecule has 4 rings (SSSR count). The van der Waals surface area contributed by atoms with Crippen LogP contribution in [-0.4, -0.2) is 34.6 Å². The van der Waals surface area contributed by atoms with Gasteiger partial charge in [0.15, 0.2) is 0 Å². The number of rotatable bonds is 7. The third-order valence-corrected chi connectivity index (χ3v) is 5.92. The fourth-order valence-corrected chi connectivity index (χ4v) is 4.22. The van der Waals surface area contributed by atoms with Crippen LogP contribution in [0.15, 0.2) is 54.6 Å². The zero-order valence-corrected chi connectivity index (χ0v) is 17.5. The molecule has 0 aliphatic heterocycles. The van der Waals surface area contributed by atoms with Crippen molar-refractivity contribution in [2.45, 2.75) is 44.9 Å². The second kappa shape index (κ2) is 7.86. The molecule has 3 aromatic rings. The zero-order chi connectivity index (χ0) is 20.4. The predicted octanol–water partition coefficient (Wildman–Crippen LogP) is 4.82. The molecule has 0 unspecified atom stereocenters. The van der Waals surface area contributed by atoms with E-state index in [1.807, 2.05) is 30.1 Å². The Kier molecular flexibility index (Phi) is 5.27. The van der Waals surface area contributed by atoms with Gasteiger partial charge in [-0.3, -0.25) is 9.89 Å². The molecule has 0 bridgehead atoms. The van der Waals surface area contributed by atoms with E-state index in [1.165, 1.54) is 16.7 Å². The monoisotopic (exact) mass is 387 g/mol. The van der Waals surface area contributed by atoms with E-state index < -0.39 is 0 Å². The Morgan fingerprint density at radius 1 is 1.07 bits per heavy atom. The van der Waals surface area contributed by atoms with Crippen LogP contribution in [0.3, 0.4) is 0 Å².